The van der Waals surface area contributed by atoms with Gasteiger partial charge in [0.15, 0.2) is 0 Å². The molecule has 0 saturated heterocycles. The molecule has 3 N–H and O–H groups in total. The molecule has 4 nitrogen and oxygen atoms in total. The Bertz CT molecular complexity index is 591. The summed E-state index contributed by atoms with van der Waals surface area (Å²) < 4.78 is 28.1. The van der Waals surface area contributed by atoms with E-state index in [1.54, 1.807) is 6.92 Å². The van der Waals surface area contributed by atoms with Crippen LogP contribution in [-0.4, -0.2) is 14.0 Å². The van der Waals surface area contributed by atoms with Gasteiger partial charge in [0.2, 0.25) is 10.0 Å². The lowest BCUT2D eigenvalue weighted by Crippen LogP contribution is -2.51. The van der Waals surface area contributed by atoms with Crippen LogP contribution in [0.1, 0.15) is 42.9 Å². The van der Waals surface area contributed by atoms with Crippen LogP contribution >= 0.6 is 0 Å². The highest BCUT2D eigenvalue weighted by Crippen LogP contribution is 2.34. The predicted molar refractivity (Wildman–Crippen MR) is 77.6 cm³/mol. The van der Waals surface area contributed by atoms with Crippen LogP contribution in [0.15, 0.2) is 11.0 Å². The maximum absolute atomic E-state index is 12.6. The molecule has 1 fully saturated rings. The minimum Gasteiger partial charge on any atom is -0.398 e. The summed E-state index contributed by atoms with van der Waals surface area (Å²) >= 11 is 0. The predicted octanol–water partition coefficient (Wildman–Crippen LogP) is 2.41. The molecule has 0 amide bonds. The number of anilines is 1. The molecule has 0 radical (unpaired) electrons. The molecule has 1 saturated carbocycles. The van der Waals surface area contributed by atoms with Gasteiger partial charge in [0, 0.05) is 11.2 Å². The van der Waals surface area contributed by atoms with Crippen LogP contribution < -0.4 is 10.5 Å². The minimum absolute atomic E-state index is 0.295. The van der Waals surface area contributed by atoms with Crippen molar-refractivity contribution >= 4 is 15.7 Å². The first-order chi connectivity index (χ1) is 8.66. The van der Waals surface area contributed by atoms with Crippen molar-refractivity contribution in [3.8, 4) is 0 Å². The molecule has 1 aromatic rings. The summed E-state index contributed by atoms with van der Waals surface area (Å²) in [6, 6.07) is 1.83. The summed E-state index contributed by atoms with van der Waals surface area (Å²) in [7, 11) is -3.52. The Hall–Kier alpha value is -1.07. The number of sulfonamides is 1. The average molecular weight is 282 g/mol. The first-order valence-electron chi connectivity index (χ1n) is 6.56. The van der Waals surface area contributed by atoms with E-state index in [4.69, 9.17) is 5.73 Å². The van der Waals surface area contributed by atoms with E-state index in [0.29, 0.717) is 16.1 Å². The van der Waals surface area contributed by atoms with Crippen molar-refractivity contribution in [3.63, 3.8) is 0 Å². The zero-order valence-corrected chi connectivity index (χ0v) is 12.8. The molecule has 0 bridgehead atoms. The van der Waals surface area contributed by atoms with Crippen LogP contribution in [0.25, 0.3) is 0 Å². The van der Waals surface area contributed by atoms with Crippen molar-refractivity contribution in [1.82, 2.24) is 4.72 Å². The standard InChI is InChI=1S/C14H22N2O2S/c1-9-8-12(15)11(3)13(10(9)2)19(17,18)16-14(4)6-5-7-14/h8,16H,5-7,15H2,1-4H3. The largest absolute Gasteiger partial charge is 0.398 e. The molecule has 106 valence electrons. The van der Waals surface area contributed by atoms with Gasteiger partial charge in [0.1, 0.15) is 0 Å². The number of nitrogen functional groups attached to an aromatic ring is 1. The van der Waals surface area contributed by atoms with Gasteiger partial charge in [-0.3, -0.25) is 0 Å². The molecule has 0 aromatic heterocycles. The van der Waals surface area contributed by atoms with Gasteiger partial charge < -0.3 is 5.73 Å². The number of benzene rings is 1. The van der Waals surface area contributed by atoms with E-state index in [2.05, 4.69) is 4.72 Å². The molecular formula is C14H22N2O2S. The molecule has 1 aromatic carbocycles. The number of nitrogens with two attached hydrogens (primary N) is 1. The summed E-state index contributed by atoms with van der Waals surface area (Å²) in [6.45, 7) is 7.44. The Morgan fingerprint density at radius 3 is 2.26 bits per heavy atom. The monoisotopic (exact) mass is 282 g/mol. The van der Waals surface area contributed by atoms with Crippen LogP contribution in [0, 0.1) is 20.8 Å². The number of nitrogens with one attached hydrogen (secondary N) is 1. The highest BCUT2D eigenvalue weighted by molar-refractivity contribution is 7.89. The SMILES string of the molecule is Cc1cc(N)c(C)c(S(=O)(=O)NC2(C)CCC2)c1C. The molecule has 2 rings (SSSR count). The molecular weight excluding hydrogens is 260 g/mol. The van der Waals surface area contributed by atoms with Crippen LogP contribution in [0.4, 0.5) is 5.69 Å². The van der Waals surface area contributed by atoms with E-state index in [-0.39, 0.29) is 5.54 Å². The fourth-order valence-electron chi connectivity index (χ4n) is 2.63. The lowest BCUT2D eigenvalue weighted by molar-refractivity contribution is 0.248. The Labute approximate surface area is 115 Å². The highest BCUT2D eigenvalue weighted by atomic mass is 32.2. The molecule has 1 aliphatic rings. The molecule has 5 heteroatoms. The van der Waals surface area contributed by atoms with Gasteiger partial charge in [-0.25, -0.2) is 13.1 Å². The normalized spacial score (nSPS) is 18.1. The summed E-state index contributed by atoms with van der Waals surface area (Å²) in [5.74, 6) is 0. The quantitative estimate of drug-likeness (QED) is 0.836. The molecule has 0 unspecified atom stereocenters. The van der Waals surface area contributed by atoms with Gasteiger partial charge in [-0.2, -0.15) is 0 Å². The van der Waals surface area contributed by atoms with Gasteiger partial charge in [-0.15, -0.1) is 0 Å². The molecule has 0 aliphatic heterocycles. The van der Waals surface area contributed by atoms with Gasteiger partial charge in [-0.05, 0) is 69.7 Å². The average Bonchev–Trinajstić information content (AvgIpc) is 2.23. The summed E-state index contributed by atoms with van der Waals surface area (Å²) in [6.07, 6.45) is 2.87. The number of hydrogen-bond acceptors (Lipinski definition) is 3. The minimum atomic E-state index is -3.52. The van der Waals surface area contributed by atoms with Crippen molar-refractivity contribution < 1.29 is 8.42 Å². The highest BCUT2D eigenvalue weighted by Gasteiger charge is 2.37. The fraction of sp³-hybridized carbons (Fsp3) is 0.571. The molecule has 1 aliphatic carbocycles. The topological polar surface area (TPSA) is 72.2 Å². The Morgan fingerprint density at radius 2 is 1.79 bits per heavy atom. The van der Waals surface area contributed by atoms with Crippen LogP contribution in [-0.2, 0) is 10.0 Å². The van der Waals surface area contributed by atoms with E-state index in [1.807, 2.05) is 26.8 Å². The fourth-order valence-corrected chi connectivity index (χ4v) is 4.67. The molecule has 19 heavy (non-hydrogen) atoms. The summed E-state index contributed by atoms with van der Waals surface area (Å²) in [4.78, 5) is 0.345. The van der Waals surface area contributed by atoms with Crippen LogP contribution in [0.5, 0.6) is 0 Å². The number of hydrogen-bond donors (Lipinski definition) is 2. The first-order valence-corrected chi connectivity index (χ1v) is 8.05. The number of rotatable bonds is 3. The van der Waals surface area contributed by atoms with E-state index >= 15 is 0 Å². The van der Waals surface area contributed by atoms with Crippen molar-refractivity contribution in [2.75, 3.05) is 5.73 Å². The lowest BCUT2D eigenvalue weighted by atomic mass is 9.80. The van der Waals surface area contributed by atoms with Gasteiger partial charge >= 0.3 is 0 Å². The van der Waals surface area contributed by atoms with E-state index < -0.39 is 10.0 Å². The van der Waals surface area contributed by atoms with Gasteiger partial charge in [0.25, 0.3) is 0 Å². The Morgan fingerprint density at radius 1 is 1.21 bits per heavy atom. The Balaban J connectivity index is 2.51. The smallest absolute Gasteiger partial charge is 0.241 e. The Kier molecular flexibility index (Phi) is 3.39. The second kappa shape index (κ2) is 4.49. The zero-order valence-electron chi connectivity index (χ0n) is 12.0. The van der Waals surface area contributed by atoms with Crippen LogP contribution in [0.2, 0.25) is 0 Å². The van der Waals surface area contributed by atoms with E-state index in [0.717, 1.165) is 30.4 Å². The summed E-state index contributed by atoms with van der Waals surface area (Å²) in [5.41, 5.74) is 8.46. The van der Waals surface area contributed by atoms with Crippen molar-refractivity contribution in [1.29, 1.82) is 0 Å². The third-order valence-electron chi connectivity index (χ3n) is 4.18. The van der Waals surface area contributed by atoms with Crippen LogP contribution in [0.3, 0.4) is 0 Å². The van der Waals surface area contributed by atoms with Gasteiger partial charge in [0.05, 0.1) is 4.90 Å². The maximum atomic E-state index is 12.6. The maximum Gasteiger partial charge on any atom is 0.241 e. The van der Waals surface area contributed by atoms with E-state index in [9.17, 15) is 8.42 Å². The third-order valence-corrected chi connectivity index (χ3v) is 6.10. The van der Waals surface area contributed by atoms with Crippen molar-refractivity contribution in [2.45, 2.75) is 57.4 Å². The lowest BCUT2D eigenvalue weighted by Gasteiger charge is -2.39. The van der Waals surface area contributed by atoms with Crippen molar-refractivity contribution in [3.05, 3.63) is 22.8 Å². The molecule has 0 heterocycles. The molecule has 0 spiro atoms. The zero-order chi connectivity index (χ0) is 14.4. The molecule has 0 atom stereocenters. The third kappa shape index (κ3) is 2.49. The first kappa shape index (κ1) is 14.3. The second-order valence-electron chi connectivity index (χ2n) is 5.88. The number of aryl methyl sites for hydroxylation is 1. The second-order valence-corrected chi connectivity index (χ2v) is 7.50. The summed E-state index contributed by atoms with van der Waals surface area (Å²) in [5, 5.41) is 0. The van der Waals surface area contributed by atoms with Gasteiger partial charge in [-0.1, -0.05) is 0 Å². The van der Waals surface area contributed by atoms with E-state index in [1.165, 1.54) is 0 Å². The van der Waals surface area contributed by atoms with Crippen molar-refractivity contribution in [2.24, 2.45) is 0 Å².